The molecule has 9 heteroatoms. The highest BCUT2D eigenvalue weighted by Gasteiger charge is 2.36. The zero-order valence-corrected chi connectivity index (χ0v) is 19.1. The Labute approximate surface area is 177 Å². The quantitative estimate of drug-likeness (QED) is 0.654. The fourth-order valence-electron chi connectivity index (χ4n) is 3.38. The standard InChI is InChI=1S/C18H29N5O3.HI/c1-12-15(13(2)26-21-12)6-7-19-16-20-10-14-11-22(8-9-23(14)16)17(24)25-18(3,4)5;/h14H,6-11H2,1-5H3,(H,19,20);1H. The van der Waals surface area contributed by atoms with Crippen molar-refractivity contribution in [3.8, 4) is 0 Å². The maximum atomic E-state index is 12.3. The van der Waals surface area contributed by atoms with Crippen LogP contribution in [0, 0.1) is 13.8 Å². The van der Waals surface area contributed by atoms with E-state index in [9.17, 15) is 4.79 Å². The second kappa shape index (κ2) is 8.66. The van der Waals surface area contributed by atoms with E-state index in [1.807, 2.05) is 34.6 Å². The van der Waals surface area contributed by atoms with Gasteiger partial charge in [-0.3, -0.25) is 4.99 Å². The van der Waals surface area contributed by atoms with Crippen LogP contribution in [-0.4, -0.2) is 71.4 Å². The lowest BCUT2D eigenvalue weighted by Gasteiger charge is -2.39. The third-order valence-electron chi connectivity index (χ3n) is 4.70. The molecule has 0 saturated carbocycles. The maximum absolute atomic E-state index is 12.3. The summed E-state index contributed by atoms with van der Waals surface area (Å²) in [5, 5.41) is 7.42. The van der Waals surface area contributed by atoms with Crippen LogP contribution in [0.2, 0.25) is 0 Å². The van der Waals surface area contributed by atoms with Gasteiger partial charge < -0.3 is 24.4 Å². The van der Waals surface area contributed by atoms with E-state index in [0.717, 1.165) is 42.5 Å². The first kappa shape index (κ1) is 21.8. The topological polar surface area (TPSA) is 83.2 Å². The predicted molar refractivity (Wildman–Crippen MR) is 114 cm³/mol. The second-order valence-corrected chi connectivity index (χ2v) is 7.92. The summed E-state index contributed by atoms with van der Waals surface area (Å²) in [5.74, 6) is 1.80. The molecule has 0 bridgehead atoms. The number of nitrogens with one attached hydrogen (secondary N) is 1. The fourth-order valence-corrected chi connectivity index (χ4v) is 3.38. The Hall–Kier alpha value is -1.52. The van der Waals surface area contributed by atoms with Crippen LogP contribution in [0.1, 0.15) is 37.8 Å². The summed E-state index contributed by atoms with van der Waals surface area (Å²) in [7, 11) is 0. The van der Waals surface area contributed by atoms with Crippen molar-refractivity contribution in [2.75, 3.05) is 32.7 Å². The summed E-state index contributed by atoms with van der Waals surface area (Å²) in [6.07, 6.45) is 0.611. The largest absolute Gasteiger partial charge is 0.444 e. The normalized spacial score (nSPS) is 19.3. The molecule has 1 amide bonds. The van der Waals surface area contributed by atoms with Crippen molar-refractivity contribution in [3.05, 3.63) is 17.0 Å². The number of hydrogen-bond donors (Lipinski definition) is 1. The molecule has 0 aromatic carbocycles. The van der Waals surface area contributed by atoms with E-state index in [1.54, 1.807) is 4.90 Å². The van der Waals surface area contributed by atoms with Gasteiger partial charge in [0.2, 0.25) is 0 Å². The summed E-state index contributed by atoms with van der Waals surface area (Å²) < 4.78 is 10.7. The Morgan fingerprint density at radius 2 is 2.07 bits per heavy atom. The van der Waals surface area contributed by atoms with Crippen molar-refractivity contribution in [2.45, 2.75) is 52.7 Å². The van der Waals surface area contributed by atoms with Gasteiger partial charge in [-0.1, -0.05) is 5.16 Å². The Balaban J connectivity index is 0.00000261. The molecule has 0 radical (unpaired) electrons. The number of aryl methyl sites for hydroxylation is 2. The number of carbonyl (C=O) groups is 1. The van der Waals surface area contributed by atoms with Crippen LogP contribution >= 0.6 is 24.0 Å². The number of hydrogen-bond acceptors (Lipinski definition) is 7. The number of aromatic nitrogens is 1. The first-order chi connectivity index (χ1) is 12.2. The van der Waals surface area contributed by atoms with Gasteiger partial charge in [0.25, 0.3) is 0 Å². The number of carbonyl (C=O) groups excluding carboxylic acids is 1. The molecule has 2 aliphatic heterocycles. The van der Waals surface area contributed by atoms with E-state index in [4.69, 9.17) is 9.26 Å². The van der Waals surface area contributed by atoms with Crippen LogP contribution in [0.4, 0.5) is 4.79 Å². The Bertz CT molecular complexity index is 678. The van der Waals surface area contributed by atoms with Crippen LogP contribution in [0.15, 0.2) is 9.52 Å². The number of halogens is 1. The van der Waals surface area contributed by atoms with Crippen LogP contribution in [0.25, 0.3) is 0 Å². The summed E-state index contributed by atoms with van der Waals surface area (Å²) in [6.45, 7) is 13.1. The molecule has 0 spiro atoms. The van der Waals surface area contributed by atoms with E-state index >= 15 is 0 Å². The molecule has 152 valence electrons. The highest BCUT2D eigenvalue weighted by molar-refractivity contribution is 14.0. The average Bonchev–Trinajstić information content (AvgIpc) is 3.10. The van der Waals surface area contributed by atoms with Gasteiger partial charge >= 0.3 is 6.09 Å². The molecule has 1 atom stereocenters. The summed E-state index contributed by atoms with van der Waals surface area (Å²) >= 11 is 0. The van der Waals surface area contributed by atoms with Gasteiger partial charge in [0.1, 0.15) is 11.4 Å². The third-order valence-corrected chi connectivity index (χ3v) is 4.70. The van der Waals surface area contributed by atoms with Gasteiger partial charge in [-0.15, -0.1) is 24.0 Å². The first-order valence-electron chi connectivity index (χ1n) is 9.19. The molecule has 1 unspecified atom stereocenters. The zero-order valence-electron chi connectivity index (χ0n) is 16.7. The molecule has 1 saturated heterocycles. The van der Waals surface area contributed by atoms with Crippen LogP contribution in [0.3, 0.4) is 0 Å². The van der Waals surface area contributed by atoms with E-state index in [0.29, 0.717) is 19.6 Å². The predicted octanol–water partition coefficient (Wildman–Crippen LogP) is 2.33. The van der Waals surface area contributed by atoms with Crippen LogP contribution in [0.5, 0.6) is 0 Å². The molecule has 3 heterocycles. The lowest BCUT2D eigenvalue weighted by Crippen LogP contribution is -2.57. The molecule has 1 fully saturated rings. The number of ether oxygens (including phenoxy) is 1. The smallest absolute Gasteiger partial charge is 0.410 e. The Kier molecular flexibility index (Phi) is 6.98. The van der Waals surface area contributed by atoms with Gasteiger partial charge in [0.05, 0.1) is 18.3 Å². The summed E-state index contributed by atoms with van der Waals surface area (Å²) in [6, 6.07) is 0.220. The summed E-state index contributed by atoms with van der Waals surface area (Å²) in [4.78, 5) is 20.9. The van der Waals surface area contributed by atoms with E-state index in [1.165, 1.54) is 0 Å². The van der Waals surface area contributed by atoms with Gasteiger partial charge in [0, 0.05) is 31.7 Å². The van der Waals surface area contributed by atoms with Gasteiger partial charge in [-0.25, -0.2) is 4.79 Å². The molecular weight excluding hydrogens is 461 g/mol. The van der Waals surface area contributed by atoms with Crippen molar-refractivity contribution in [1.29, 1.82) is 0 Å². The van der Waals surface area contributed by atoms with E-state index < -0.39 is 5.60 Å². The van der Waals surface area contributed by atoms with Crippen molar-refractivity contribution >= 4 is 36.0 Å². The lowest BCUT2D eigenvalue weighted by atomic mass is 10.1. The highest BCUT2D eigenvalue weighted by Crippen LogP contribution is 2.19. The number of piperazine rings is 1. The van der Waals surface area contributed by atoms with Gasteiger partial charge in [0.15, 0.2) is 5.96 Å². The van der Waals surface area contributed by atoms with Crippen molar-refractivity contribution in [1.82, 2.24) is 20.3 Å². The Morgan fingerprint density at radius 3 is 2.70 bits per heavy atom. The maximum Gasteiger partial charge on any atom is 0.410 e. The fraction of sp³-hybridized carbons (Fsp3) is 0.722. The number of guanidine groups is 1. The summed E-state index contributed by atoms with van der Waals surface area (Å²) in [5.41, 5.74) is 1.63. The molecule has 1 aromatic rings. The van der Waals surface area contributed by atoms with Gasteiger partial charge in [-0.2, -0.15) is 0 Å². The van der Waals surface area contributed by atoms with Crippen LogP contribution in [-0.2, 0) is 11.2 Å². The third kappa shape index (κ3) is 5.26. The number of aliphatic imine (C=N–C) groups is 1. The molecule has 0 aliphatic carbocycles. The minimum Gasteiger partial charge on any atom is -0.444 e. The molecular formula is C18H30IN5O3. The molecule has 3 rings (SSSR count). The minimum atomic E-state index is -0.467. The van der Waals surface area contributed by atoms with Gasteiger partial charge in [-0.05, 0) is 41.0 Å². The molecule has 1 aromatic heterocycles. The van der Waals surface area contributed by atoms with Crippen LogP contribution < -0.4 is 5.32 Å². The van der Waals surface area contributed by atoms with Crippen molar-refractivity contribution in [3.63, 3.8) is 0 Å². The number of rotatable bonds is 3. The Morgan fingerprint density at radius 1 is 1.33 bits per heavy atom. The van der Waals surface area contributed by atoms with Crippen molar-refractivity contribution in [2.24, 2.45) is 4.99 Å². The molecule has 1 N–H and O–H groups in total. The molecule has 8 nitrogen and oxygen atoms in total. The number of nitrogens with zero attached hydrogens (tertiary/aromatic N) is 4. The number of fused-ring (bicyclic) bond motifs is 1. The zero-order chi connectivity index (χ0) is 18.9. The lowest BCUT2D eigenvalue weighted by molar-refractivity contribution is 0.0137. The van der Waals surface area contributed by atoms with E-state index in [2.05, 4.69) is 20.4 Å². The number of amides is 1. The highest BCUT2D eigenvalue weighted by atomic mass is 127. The minimum absolute atomic E-state index is 0. The molecule has 27 heavy (non-hydrogen) atoms. The SMILES string of the molecule is Cc1noc(C)c1CCNC1=NCC2CN(C(=O)OC(C)(C)C)CCN12.I. The first-order valence-corrected chi connectivity index (χ1v) is 9.19. The monoisotopic (exact) mass is 491 g/mol. The second-order valence-electron chi connectivity index (χ2n) is 7.92. The van der Waals surface area contributed by atoms with Crippen molar-refractivity contribution < 1.29 is 14.1 Å². The average molecular weight is 491 g/mol. The van der Waals surface area contributed by atoms with E-state index in [-0.39, 0.29) is 36.1 Å². The molecule has 2 aliphatic rings.